The van der Waals surface area contributed by atoms with E-state index in [1.807, 2.05) is 0 Å². The Kier molecular flexibility index (Phi) is 6.41. The molecule has 0 atom stereocenters. The molecule has 2 aromatic carbocycles. The Balaban J connectivity index is 2.25. The summed E-state index contributed by atoms with van der Waals surface area (Å²) >= 11 is 0. The highest BCUT2D eigenvalue weighted by Crippen LogP contribution is 2.30. The summed E-state index contributed by atoms with van der Waals surface area (Å²) in [7, 11) is 2.92. The van der Waals surface area contributed by atoms with Gasteiger partial charge in [0.25, 0.3) is 0 Å². The number of ketones is 1. The van der Waals surface area contributed by atoms with Gasteiger partial charge in [-0.3, -0.25) is 4.79 Å². The monoisotopic (exact) mass is 366 g/mol. The van der Waals surface area contributed by atoms with Crippen LogP contribution in [0.4, 0.5) is 13.2 Å². The number of ether oxygens (including phenoxy) is 3. The fourth-order valence-corrected chi connectivity index (χ4v) is 2.16. The fraction of sp³-hybridized carbons (Fsp3) is 0.211. The summed E-state index contributed by atoms with van der Waals surface area (Å²) in [5.41, 5.74) is -0.271. The van der Waals surface area contributed by atoms with E-state index in [1.54, 1.807) is 6.07 Å². The summed E-state index contributed by atoms with van der Waals surface area (Å²) in [6.07, 6.45) is -1.93. The van der Waals surface area contributed by atoms with Crippen LogP contribution in [0.1, 0.15) is 21.5 Å². The molecule has 0 unspecified atom stereocenters. The SMILES string of the molecule is COCOc1cc(OC)ccc1C(=O)/C=C/c1cccc(C(F)(F)F)c1. The number of benzene rings is 2. The Labute approximate surface area is 148 Å². The van der Waals surface area contributed by atoms with Gasteiger partial charge < -0.3 is 14.2 Å². The van der Waals surface area contributed by atoms with E-state index in [0.29, 0.717) is 5.75 Å². The van der Waals surface area contributed by atoms with Crippen LogP contribution >= 0.6 is 0 Å². The van der Waals surface area contributed by atoms with Gasteiger partial charge in [-0.1, -0.05) is 18.2 Å². The molecule has 0 bridgehead atoms. The normalized spacial score (nSPS) is 11.6. The number of methoxy groups -OCH3 is 2. The maximum Gasteiger partial charge on any atom is 0.416 e. The molecule has 0 amide bonds. The molecule has 0 N–H and O–H groups in total. The maximum atomic E-state index is 12.7. The van der Waals surface area contributed by atoms with Crippen molar-refractivity contribution in [2.45, 2.75) is 6.18 Å². The van der Waals surface area contributed by atoms with E-state index in [9.17, 15) is 18.0 Å². The van der Waals surface area contributed by atoms with E-state index >= 15 is 0 Å². The lowest BCUT2D eigenvalue weighted by Crippen LogP contribution is -2.05. The predicted molar refractivity (Wildman–Crippen MR) is 90.3 cm³/mol. The molecule has 0 fully saturated rings. The Hall–Kier alpha value is -2.80. The standard InChI is InChI=1S/C19H17F3O4/c1-24-12-26-18-11-15(25-2)7-8-16(18)17(23)9-6-13-4-3-5-14(10-13)19(20,21)22/h3-11H,12H2,1-2H3/b9-6+. The molecule has 0 spiro atoms. The number of allylic oxidation sites excluding steroid dienone is 1. The molecule has 7 heteroatoms. The van der Waals surface area contributed by atoms with Gasteiger partial charge in [0.1, 0.15) is 11.5 Å². The minimum Gasteiger partial charge on any atom is -0.497 e. The van der Waals surface area contributed by atoms with Gasteiger partial charge in [0.05, 0.1) is 18.2 Å². The average molecular weight is 366 g/mol. The lowest BCUT2D eigenvalue weighted by atomic mass is 10.1. The summed E-state index contributed by atoms with van der Waals surface area (Å²) in [5, 5.41) is 0. The largest absolute Gasteiger partial charge is 0.497 e. The number of hydrogen-bond acceptors (Lipinski definition) is 4. The van der Waals surface area contributed by atoms with Crippen LogP contribution in [-0.4, -0.2) is 26.8 Å². The molecule has 0 aliphatic rings. The van der Waals surface area contributed by atoms with Gasteiger partial charge in [-0.25, -0.2) is 0 Å². The summed E-state index contributed by atoms with van der Waals surface area (Å²) in [5.74, 6) is 0.329. The van der Waals surface area contributed by atoms with Crippen LogP contribution in [0.2, 0.25) is 0 Å². The molecule has 0 saturated heterocycles. The molecule has 2 aromatic rings. The molecule has 138 valence electrons. The zero-order valence-electron chi connectivity index (χ0n) is 14.2. The fourth-order valence-electron chi connectivity index (χ4n) is 2.16. The van der Waals surface area contributed by atoms with Gasteiger partial charge in [-0.2, -0.15) is 13.2 Å². The highest BCUT2D eigenvalue weighted by atomic mass is 19.4. The van der Waals surface area contributed by atoms with Crippen LogP contribution in [0, 0.1) is 0 Å². The summed E-state index contributed by atoms with van der Waals surface area (Å²) < 4.78 is 53.5. The van der Waals surface area contributed by atoms with E-state index in [1.165, 1.54) is 50.6 Å². The number of carbonyl (C=O) groups excluding carboxylic acids is 1. The lowest BCUT2D eigenvalue weighted by Gasteiger charge is -2.10. The molecule has 0 aliphatic heterocycles. The first-order valence-corrected chi connectivity index (χ1v) is 7.54. The Morgan fingerprint density at radius 3 is 2.54 bits per heavy atom. The smallest absolute Gasteiger partial charge is 0.416 e. The van der Waals surface area contributed by atoms with Crippen molar-refractivity contribution < 1.29 is 32.2 Å². The second-order valence-corrected chi connectivity index (χ2v) is 5.23. The molecular weight excluding hydrogens is 349 g/mol. The van der Waals surface area contributed by atoms with Crippen LogP contribution in [0.5, 0.6) is 11.5 Å². The van der Waals surface area contributed by atoms with Crippen molar-refractivity contribution in [2.24, 2.45) is 0 Å². The van der Waals surface area contributed by atoms with Crippen LogP contribution < -0.4 is 9.47 Å². The third kappa shape index (κ3) is 5.10. The summed E-state index contributed by atoms with van der Waals surface area (Å²) in [4.78, 5) is 12.4. The lowest BCUT2D eigenvalue weighted by molar-refractivity contribution is -0.137. The first-order valence-electron chi connectivity index (χ1n) is 7.54. The number of rotatable bonds is 7. The van der Waals surface area contributed by atoms with Crippen molar-refractivity contribution in [3.8, 4) is 11.5 Å². The number of alkyl halides is 3. The van der Waals surface area contributed by atoms with Crippen LogP contribution in [0.25, 0.3) is 6.08 Å². The highest BCUT2D eigenvalue weighted by molar-refractivity contribution is 6.08. The van der Waals surface area contributed by atoms with Crippen molar-refractivity contribution in [3.05, 3.63) is 65.2 Å². The summed E-state index contributed by atoms with van der Waals surface area (Å²) in [6, 6.07) is 9.35. The number of carbonyl (C=O) groups is 1. The van der Waals surface area contributed by atoms with Gasteiger partial charge in [0.2, 0.25) is 0 Å². The zero-order chi connectivity index (χ0) is 19.2. The minimum atomic E-state index is -4.44. The van der Waals surface area contributed by atoms with Crippen LogP contribution in [0.3, 0.4) is 0 Å². The van der Waals surface area contributed by atoms with Crippen LogP contribution in [0.15, 0.2) is 48.5 Å². The third-order valence-corrected chi connectivity index (χ3v) is 3.43. The number of halogens is 3. The maximum absolute atomic E-state index is 12.7. The molecule has 0 saturated carbocycles. The zero-order valence-corrected chi connectivity index (χ0v) is 14.2. The quantitative estimate of drug-likeness (QED) is 0.408. The highest BCUT2D eigenvalue weighted by Gasteiger charge is 2.30. The van der Waals surface area contributed by atoms with Gasteiger partial charge in [-0.15, -0.1) is 0 Å². The first kappa shape index (κ1) is 19.5. The third-order valence-electron chi connectivity index (χ3n) is 3.43. The number of hydrogen-bond donors (Lipinski definition) is 0. The van der Waals surface area contributed by atoms with Gasteiger partial charge in [0, 0.05) is 13.2 Å². The first-order chi connectivity index (χ1) is 12.3. The van der Waals surface area contributed by atoms with Crippen molar-refractivity contribution in [1.29, 1.82) is 0 Å². The van der Waals surface area contributed by atoms with Crippen molar-refractivity contribution >= 4 is 11.9 Å². The second kappa shape index (κ2) is 8.53. The topological polar surface area (TPSA) is 44.8 Å². The van der Waals surface area contributed by atoms with Crippen molar-refractivity contribution in [2.75, 3.05) is 21.0 Å². The Morgan fingerprint density at radius 2 is 1.88 bits per heavy atom. The molecule has 4 nitrogen and oxygen atoms in total. The van der Waals surface area contributed by atoms with Gasteiger partial charge in [0.15, 0.2) is 12.6 Å². The van der Waals surface area contributed by atoms with Crippen molar-refractivity contribution in [3.63, 3.8) is 0 Å². The van der Waals surface area contributed by atoms with E-state index in [-0.39, 0.29) is 23.7 Å². The molecule has 0 aliphatic carbocycles. The van der Waals surface area contributed by atoms with E-state index in [0.717, 1.165) is 12.1 Å². The molecule has 26 heavy (non-hydrogen) atoms. The molecule has 0 aromatic heterocycles. The van der Waals surface area contributed by atoms with Crippen molar-refractivity contribution in [1.82, 2.24) is 0 Å². The molecule has 0 radical (unpaired) electrons. The van der Waals surface area contributed by atoms with E-state index in [2.05, 4.69) is 0 Å². The second-order valence-electron chi connectivity index (χ2n) is 5.23. The Bertz CT molecular complexity index is 798. The predicted octanol–water partition coefficient (Wildman–Crippen LogP) is 4.59. The van der Waals surface area contributed by atoms with Gasteiger partial charge >= 0.3 is 6.18 Å². The Morgan fingerprint density at radius 1 is 1.12 bits per heavy atom. The van der Waals surface area contributed by atoms with Gasteiger partial charge in [-0.05, 0) is 35.9 Å². The molecule has 0 heterocycles. The molecular formula is C19H17F3O4. The molecule has 2 rings (SSSR count). The van der Waals surface area contributed by atoms with Crippen LogP contribution in [-0.2, 0) is 10.9 Å². The van der Waals surface area contributed by atoms with E-state index in [4.69, 9.17) is 14.2 Å². The minimum absolute atomic E-state index is 0.0647. The summed E-state index contributed by atoms with van der Waals surface area (Å²) in [6.45, 7) is -0.0647. The average Bonchev–Trinajstić information content (AvgIpc) is 2.63. The van der Waals surface area contributed by atoms with E-state index < -0.39 is 17.5 Å².